The fraction of sp³-hybridized carbons (Fsp3) is 0.700. The van der Waals surface area contributed by atoms with Crippen molar-refractivity contribution in [1.29, 1.82) is 0 Å². The van der Waals surface area contributed by atoms with Crippen molar-refractivity contribution in [1.82, 2.24) is 0 Å². The van der Waals surface area contributed by atoms with Crippen LogP contribution < -0.4 is 0 Å². The van der Waals surface area contributed by atoms with Gasteiger partial charge < -0.3 is 0 Å². The maximum atomic E-state index is 3.55. The van der Waals surface area contributed by atoms with Crippen molar-refractivity contribution in [2.24, 2.45) is 0 Å². The van der Waals surface area contributed by atoms with Crippen molar-refractivity contribution in [2.75, 3.05) is 0 Å². The van der Waals surface area contributed by atoms with Gasteiger partial charge in [0.1, 0.15) is 0 Å². The molecule has 0 fully saturated rings. The minimum Gasteiger partial charge on any atom is -0.0654 e. The predicted molar refractivity (Wildman–Crippen MR) is 90.1 cm³/mol. The van der Waals surface area contributed by atoms with E-state index in [1.807, 2.05) is 0 Å². The number of hydrogen-bond acceptors (Lipinski definition) is 0. The van der Waals surface area contributed by atoms with Crippen molar-refractivity contribution in [3.05, 3.63) is 35.9 Å². The summed E-state index contributed by atoms with van der Waals surface area (Å²) in [5, 5.41) is 0. The molecule has 0 unspecified atom stereocenters. The van der Waals surface area contributed by atoms with E-state index < -0.39 is 0 Å². The molecule has 1 aromatic carbocycles. The van der Waals surface area contributed by atoms with E-state index >= 15 is 0 Å². The summed E-state index contributed by atoms with van der Waals surface area (Å²) in [6, 6.07) is 12.2. The van der Waals surface area contributed by atoms with Crippen molar-refractivity contribution in [3.8, 4) is 0 Å². The van der Waals surface area contributed by atoms with Crippen LogP contribution in [0.1, 0.15) is 90.5 Å². The van der Waals surface area contributed by atoms with E-state index in [1.165, 1.54) is 69.8 Å². The lowest BCUT2D eigenvalue weighted by molar-refractivity contribution is 0.310. The Kier molecular flexibility index (Phi) is 8.65. The first-order valence-corrected chi connectivity index (χ1v) is 8.76. The van der Waals surface area contributed by atoms with Crippen LogP contribution in [0.4, 0.5) is 0 Å². The number of rotatable bonds is 11. The standard InChI is InChI=1S/C20H33/c1-4-7-12-17-20(16-6-3,18-13-8-5-2)19-14-10-9-11-15-19/h9-11,14H,4-8,12-13,16-18H2,1-3H3. The van der Waals surface area contributed by atoms with Crippen LogP contribution in [0.3, 0.4) is 0 Å². The van der Waals surface area contributed by atoms with E-state index in [4.69, 9.17) is 0 Å². The van der Waals surface area contributed by atoms with Gasteiger partial charge in [-0.25, -0.2) is 0 Å². The Bertz CT molecular complexity index is 315. The van der Waals surface area contributed by atoms with Gasteiger partial charge in [0.2, 0.25) is 0 Å². The minimum atomic E-state index is 0.389. The van der Waals surface area contributed by atoms with Gasteiger partial charge in [-0.05, 0) is 36.3 Å². The van der Waals surface area contributed by atoms with Gasteiger partial charge in [-0.15, -0.1) is 0 Å². The lowest BCUT2D eigenvalue weighted by atomic mass is 9.69. The summed E-state index contributed by atoms with van der Waals surface area (Å²) in [5.41, 5.74) is 1.86. The van der Waals surface area contributed by atoms with Crippen LogP contribution in [0.15, 0.2) is 24.3 Å². The van der Waals surface area contributed by atoms with Gasteiger partial charge in [0.25, 0.3) is 0 Å². The van der Waals surface area contributed by atoms with Crippen LogP contribution >= 0.6 is 0 Å². The molecule has 0 aliphatic carbocycles. The van der Waals surface area contributed by atoms with Crippen LogP contribution in [0, 0.1) is 6.07 Å². The molecule has 0 nitrogen and oxygen atoms in total. The number of unbranched alkanes of at least 4 members (excludes halogenated alkanes) is 4. The zero-order chi connectivity index (χ0) is 14.7. The molecule has 0 aliphatic rings. The largest absolute Gasteiger partial charge is 0.0654 e. The molecule has 0 aromatic heterocycles. The maximum absolute atomic E-state index is 3.55. The smallest absolute Gasteiger partial charge is 0.00409 e. The SMILES string of the molecule is CCCCCC(CCC)(CCCCC)c1[c]cccc1. The van der Waals surface area contributed by atoms with E-state index in [2.05, 4.69) is 51.1 Å². The second-order valence-corrected chi connectivity index (χ2v) is 6.22. The van der Waals surface area contributed by atoms with Gasteiger partial charge in [0.15, 0.2) is 0 Å². The zero-order valence-electron chi connectivity index (χ0n) is 13.9. The van der Waals surface area contributed by atoms with E-state index in [9.17, 15) is 0 Å². The summed E-state index contributed by atoms with van der Waals surface area (Å²) in [4.78, 5) is 0. The van der Waals surface area contributed by atoms with E-state index in [-0.39, 0.29) is 0 Å². The van der Waals surface area contributed by atoms with Gasteiger partial charge in [0, 0.05) is 0 Å². The summed E-state index contributed by atoms with van der Waals surface area (Å²) >= 11 is 0. The van der Waals surface area contributed by atoms with Gasteiger partial charge in [0.05, 0.1) is 0 Å². The average molecular weight is 273 g/mol. The summed E-state index contributed by atoms with van der Waals surface area (Å²) < 4.78 is 0. The molecule has 0 bridgehead atoms. The molecular weight excluding hydrogens is 240 g/mol. The van der Waals surface area contributed by atoms with Crippen LogP contribution in [0.2, 0.25) is 0 Å². The highest BCUT2D eigenvalue weighted by Gasteiger charge is 2.30. The third kappa shape index (κ3) is 5.31. The van der Waals surface area contributed by atoms with E-state index in [1.54, 1.807) is 0 Å². The lowest BCUT2D eigenvalue weighted by Gasteiger charge is -2.35. The lowest BCUT2D eigenvalue weighted by Crippen LogP contribution is -2.26. The molecular formula is C20H33. The van der Waals surface area contributed by atoms with Gasteiger partial charge in [-0.2, -0.15) is 0 Å². The molecule has 0 saturated carbocycles. The summed E-state index contributed by atoms with van der Waals surface area (Å²) in [7, 11) is 0. The van der Waals surface area contributed by atoms with Crippen molar-refractivity contribution >= 4 is 0 Å². The van der Waals surface area contributed by atoms with Gasteiger partial charge >= 0.3 is 0 Å². The van der Waals surface area contributed by atoms with Crippen molar-refractivity contribution < 1.29 is 0 Å². The molecule has 1 rings (SSSR count). The fourth-order valence-electron chi connectivity index (χ4n) is 3.41. The molecule has 20 heavy (non-hydrogen) atoms. The molecule has 0 heteroatoms. The monoisotopic (exact) mass is 273 g/mol. The third-order valence-electron chi connectivity index (χ3n) is 4.53. The number of benzene rings is 1. The third-order valence-corrected chi connectivity index (χ3v) is 4.53. The maximum Gasteiger partial charge on any atom is -0.00409 e. The van der Waals surface area contributed by atoms with Crippen LogP contribution in [-0.4, -0.2) is 0 Å². The first-order chi connectivity index (χ1) is 9.79. The summed E-state index contributed by atoms with van der Waals surface area (Å²) in [5.74, 6) is 0. The molecule has 1 aromatic rings. The van der Waals surface area contributed by atoms with Crippen molar-refractivity contribution in [3.63, 3.8) is 0 Å². The van der Waals surface area contributed by atoms with E-state index in [0.29, 0.717) is 5.41 Å². The molecule has 0 atom stereocenters. The van der Waals surface area contributed by atoms with Crippen LogP contribution in [-0.2, 0) is 5.41 Å². The van der Waals surface area contributed by atoms with Crippen molar-refractivity contribution in [2.45, 2.75) is 90.4 Å². The predicted octanol–water partition coefficient (Wildman–Crippen LogP) is 6.69. The molecule has 0 amide bonds. The Balaban J connectivity index is 2.86. The first kappa shape index (κ1) is 17.3. The van der Waals surface area contributed by atoms with Gasteiger partial charge in [-0.1, -0.05) is 90.0 Å². The second-order valence-electron chi connectivity index (χ2n) is 6.22. The Morgan fingerprint density at radius 3 is 1.90 bits per heavy atom. The Morgan fingerprint density at radius 1 is 0.800 bits per heavy atom. The zero-order valence-corrected chi connectivity index (χ0v) is 13.9. The summed E-state index contributed by atoms with van der Waals surface area (Å²) in [6.45, 7) is 6.93. The molecule has 0 aliphatic heterocycles. The van der Waals surface area contributed by atoms with Crippen LogP contribution in [0.5, 0.6) is 0 Å². The highest BCUT2D eigenvalue weighted by molar-refractivity contribution is 5.24. The normalized spacial score (nSPS) is 11.8. The Hall–Kier alpha value is -0.780. The van der Waals surface area contributed by atoms with E-state index in [0.717, 1.165) is 0 Å². The quantitative estimate of drug-likeness (QED) is 0.394. The second kappa shape index (κ2) is 10.0. The minimum absolute atomic E-state index is 0.389. The molecule has 0 N–H and O–H groups in total. The Morgan fingerprint density at radius 2 is 1.45 bits per heavy atom. The highest BCUT2D eigenvalue weighted by Crippen LogP contribution is 2.39. The molecule has 1 radical (unpaired) electrons. The first-order valence-electron chi connectivity index (χ1n) is 8.76. The molecule has 113 valence electrons. The average Bonchev–Trinajstić information content (AvgIpc) is 2.48. The van der Waals surface area contributed by atoms with Crippen LogP contribution in [0.25, 0.3) is 0 Å². The Labute approximate surface area is 127 Å². The molecule has 0 spiro atoms. The fourth-order valence-corrected chi connectivity index (χ4v) is 3.41. The summed E-state index contributed by atoms with van der Waals surface area (Å²) in [6.07, 6.45) is 13.4. The highest BCUT2D eigenvalue weighted by atomic mass is 14.3. The topological polar surface area (TPSA) is 0 Å². The van der Waals surface area contributed by atoms with Gasteiger partial charge in [-0.3, -0.25) is 0 Å². The molecule has 0 heterocycles. The molecule has 0 saturated heterocycles. The number of hydrogen-bond donors (Lipinski definition) is 0.